The number of allylic oxidation sites excluding steroid dienone is 6. The van der Waals surface area contributed by atoms with Crippen molar-refractivity contribution in [2.45, 2.75) is 59.8 Å². The average Bonchev–Trinajstić information content (AvgIpc) is 2.51. The van der Waals surface area contributed by atoms with E-state index in [-0.39, 0.29) is 5.41 Å². The Labute approximate surface area is 113 Å². The first kappa shape index (κ1) is 15.2. The van der Waals surface area contributed by atoms with Crippen molar-refractivity contribution in [3.63, 3.8) is 0 Å². The quantitative estimate of drug-likeness (QED) is 0.697. The van der Waals surface area contributed by atoms with E-state index in [2.05, 4.69) is 45.9 Å². The summed E-state index contributed by atoms with van der Waals surface area (Å²) >= 11 is 0. The molecule has 0 fully saturated rings. The molecule has 1 aliphatic carbocycles. The van der Waals surface area contributed by atoms with E-state index in [4.69, 9.17) is 5.73 Å². The molecule has 18 heavy (non-hydrogen) atoms. The second-order valence-corrected chi connectivity index (χ2v) is 6.23. The number of unbranched alkanes of at least 4 members (excludes halogenated alkanes) is 1. The van der Waals surface area contributed by atoms with Gasteiger partial charge in [0, 0.05) is 0 Å². The molecule has 1 rings (SSSR count). The maximum atomic E-state index is 5.58. The van der Waals surface area contributed by atoms with E-state index in [0.717, 1.165) is 32.2 Å². The Balaban J connectivity index is 2.86. The van der Waals surface area contributed by atoms with Crippen molar-refractivity contribution in [2.75, 3.05) is 6.54 Å². The molecule has 0 aliphatic heterocycles. The molecule has 0 unspecified atom stereocenters. The summed E-state index contributed by atoms with van der Waals surface area (Å²) < 4.78 is 0. The van der Waals surface area contributed by atoms with E-state index in [9.17, 15) is 0 Å². The lowest BCUT2D eigenvalue weighted by atomic mass is 9.85. The van der Waals surface area contributed by atoms with Crippen LogP contribution < -0.4 is 5.73 Å². The van der Waals surface area contributed by atoms with Gasteiger partial charge in [-0.25, -0.2) is 0 Å². The van der Waals surface area contributed by atoms with E-state index in [1.54, 1.807) is 5.57 Å². The minimum atomic E-state index is 0.246. The van der Waals surface area contributed by atoms with Gasteiger partial charge in [0.15, 0.2) is 0 Å². The van der Waals surface area contributed by atoms with Crippen molar-refractivity contribution in [3.05, 3.63) is 34.9 Å². The Kier molecular flexibility index (Phi) is 5.87. The topological polar surface area (TPSA) is 26.0 Å². The normalized spacial score (nSPS) is 16.8. The maximum Gasteiger partial charge on any atom is -0.00772 e. The zero-order valence-electron chi connectivity index (χ0n) is 12.6. The Bertz CT molecular complexity index is 350. The molecule has 0 aromatic heterocycles. The number of rotatable bonds is 5. The van der Waals surface area contributed by atoms with Crippen LogP contribution in [-0.2, 0) is 0 Å². The Hall–Kier alpha value is -0.820. The molecule has 0 aromatic rings. The number of hydrogen-bond acceptors (Lipinski definition) is 1. The largest absolute Gasteiger partial charge is 0.330 e. The first-order valence-corrected chi connectivity index (χ1v) is 7.28. The molecule has 0 saturated carbocycles. The summed E-state index contributed by atoms with van der Waals surface area (Å²) in [4.78, 5) is 0. The highest BCUT2D eigenvalue weighted by Crippen LogP contribution is 2.32. The van der Waals surface area contributed by atoms with Gasteiger partial charge in [0.2, 0.25) is 0 Å². The predicted molar refractivity (Wildman–Crippen MR) is 81.5 cm³/mol. The molecule has 1 aliphatic rings. The van der Waals surface area contributed by atoms with Crippen molar-refractivity contribution < 1.29 is 0 Å². The van der Waals surface area contributed by atoms with Gasteiger partial charge in [0.1, 0.15) is 0 Å². The lowest BCUT2D eigenvalue weighted by Gasteiger charge is -2.20. The minimum Gasteiger partial charge on any atom is -0.330 e. The van der Waals surface area contributed by atoms with E-state index in [1.807, 2.05) is 0 Å². The average molecular weight is 247 g/mol. The van der Waals surface area contributed by atoms with Crippen LogP contribution in [0.4, 0.5) is 0 Å². The molecule has 1 nitrogen and oxygen atoms in total. The van der Waals surface area contributed by atoms with Gasteiger partial charge < -0.3 is 5.73 Å². The standard InChI is InChI=1S/C17H29N/c1-5-14-9-10-16(17(2,3)4)13-15(12-14)8-6-7-11-18/h10,12-13H,5-9,11,18H2,1-4H3. The molecule has 0 aromatic carbocycles. The number of nitrogens with two attached hydrogens (primary N) is 1. The van der Waals surface area contributed by atoms with Gasteiger partial charge in [0.25, 0.3) is 0 Å². The second-order valence-electron chi connectivity index (χ2n) is 6.23. The van der Waals surface area contributed by atoms with Gasteiger partial charge in [-0.1, -0.05) is 51.5 Å². The maximum absolute atomic E-state index is 5.58. The fourth-order valence-electron chi connectivity index (χ4n) is 2.25. The molecule has 0 atom stereocenters. The van der Waals surface area contributed by atoms with Crippen molar-refractivity contribution in [1.82, 2.24) is 0 Å². The van der Waals surface area contributed by atoms with Crippen LogP contribution in [0.1, 0.15) is 59.8 Å². The van der Waals surface area contributed by atoms with Crippen LogP contribution in [0.15, 0.2) is 34.9 Å². The fourth-order valence-corrected chi connectivity index (χ4v) is 2.25. The third kappa shape index (κ3) is 4.81. The molecule has 0 amide bonds. The summed E-state index contributed by atoms with van der Waals surface area (Å²) in [5, 5.41) is 0. The smallest absolute Gasteiger partial charge is 0.00772 e. The van der Waals surface area contributed by atoms with E-state index in [0.29, 0.717) is 0 Å². The second kappa shape index (κ2) is 6.94. The molecule has 102 valence electrons. The first-order chi connectivity index (χ1) is 8.47. The zero-order chi connectivity index (χ0) is 13.6. The van der Waals surface area contributed by atoms with Gasteiger partial charge in [-0.05, 0) is 55.2 Å². The van der Waals surface area contributed by atoms with Crippen LogP contribution in [0.3, 0.4) is 0 Å². The molecular weight excluding hydrogens is 218 g/mol. The lowest BCUT2D eigenvalue weighted by Crippen LogP contribution is -2.07. The molecular formula is C17H29N. The first-order valence-electron chi connectivity index (χ1n) is 7.28. The lowest BCUT2D eigenvalue weighted by molar-refractivity contribution is 0.514. The van der Waals surface area contributed by atoms with Crippen LogP contribution in [-0.4, -0.2) is 6.54 Å². The van der Waals surface area contributed by atoms with Crippen LogP contribution in [0.25, 0.3) is 0 Å². The van der Waals surface area contributed by atoms with Gasteiger partial charge >= 0.3 is 0 Å². The molecule has 0 saturated heterocycles. The minimum absolute atomic E-state index is 0.246. The molecule has 0 bridgehead atoms. The summed E-state index contributed by atoms with van der Waals surface area (Å²) in [5.74, 6) is 0. The summed E-state index contributed by atoms with van der Waals surface area (Å²) in [6, 6.07) is 0. The van der Waals surface area contributed by atoms with Crippen LogP contribution in [0.2, 0.25) is 0 Å². The van der Waals surface area contributed by atoms with Crippen molar-refractivity contribution >= 4 is 0 Å². The van der Waals surface area contributed by atoms with E-state index < -0.39 is 0 Å². The molecule has 0 radical (unpaired) electrons. The van der Waals surface area contributed by atoms with Gasteiger partial charge in [-0.3, -0.25) is 0 Å². The monoisotopic (exact) mass is 247 g/mol. The number of hydrogen-bond donors (Lipinski definition) is 1. The van der Waals surface area contributed by atoms with Crippen LogP contribution in [0.5, 0.6) is 0 Å². The summed E-state index contributed by atoms with van der Waals surface area (Å²) in [5.41, 5.74) is 10.3. The summed E-state index contributed by atoms with van der Waals surface area (Å²) in [6.07, 6.45) is 13.0. The SMILES string of the molecule is CCC1=CC(CCCCN)=CC(C(C)(C)C)=CC1. The van der Waals surface area contributed by atoms with Crippen molar-refractivity contribution in [2.24, 2.45) is 11.1 Å². The highest BCUT2D eigenvalue weighted by atomic mass is 14.5. The molecule has 0 spiro atoms. The van der Waals surface area contributed by atoms with Gasteiger partial charge in [-0.2, -0.15) is 0 Å². The molecule has 1 heteroatoms. The summed E-state index contributed by atoms with van der Waals surface area (Å²) in [7, 11) is 0. The Morgan fingerprint density at radius 3 is 2.44 bits per heavy atom. The van der Waals surface area contributed by atoms with Gasteiger partial charge in [0.05, 0.1) is 0 Å². The molecule has 0 heterocycles. The Morgan fingerprint density at radius 2 is 1.89 bits per heavy atom. The predicted octanol–water partition coefficient (Wildman–Crippen LogP) is 4.75. The molecule has 2 N–H and O–H groups in total. The van der Waals surface area contributed by atoms with Crippen molar-refractivity contribution in [1.29, 1.82) is 0 Å². The fraction of sp³-hybridized carbons (Fsp3) is 0.647. The Morgan fingerprint density at radius 1 is 1.17 bits per heavy atom. The van der Waals surface area contributed by atoms with E-state index >= 15 is 0 Å². The van der Waals surface area contributed by atoms with Crippen LogP contribution in [0, 0.1) is 5.41 Å². The third-order valence-corrected chi connectivity index (χ3v) is 3.55. The zero-order valence-corrected chi connectivity index (χ0v) is 12.6. The van der Waals surface area contributed by atoms with Crippen LogP contribution >= 0.6 is 0 Å². The highest BCUT2D eigenvalue weighted by Gasteiger charge is 2.17. The van der Waals surface area contributed by atoms with E-state index in [1.165, 1.54) is 17.6 Å². The highest BCUT2D eigenvalue weighted by molar-refractivity contribution is 5.39. The summed E-state index contributed by atoms with van der Waals surface area (Å²) in [6.45, 7) is 9.94. The third-order valence-electron chi connectivity index (χ3n) is 3.55. The van der Waals surface area contributed by atoms with Gasteiger partial charge in [-0.15, -0.1) is 0 Å². The van der Waals surface area contributed by atoms with Crippen molar-refractivity contribution in [3.8, 4) is 0 Å².